The number of aromatic nitrogens is 6. The van der Waals surface area contributed by atoms with E-state index < -0.39 is 6.04 Å². The van der Waals surface area contributed by atoms with E-state index in [-0.39, 0.29) is 11.5 Å². The van der Waals surface area contributed by atoms with E-state index in [0.29, 0.717) is 11.4 Å². The van der Waals surface area contributed by atoms with Gasteiger partial charge in [0.2, 0.25) is 5.91 Å². The number of hydrogen-bond acceptors (Lipinski definition) is 7. The lowest BCUT2D eigenvalue weighted by molar-refractivity contribution is -0.119. The first-order chi connectivity index (χ1) is 13.6. The van der Waals surface area contributed by atoms with Crippen molar-refractivity contribution in [3.63, 3.8) is 0 Å². The summed E-state index contributed by atoms with van der Waals surface area (Å²) in [7, 11) is 0. The van der Waals surface area contributed by atoms with Crippen molar-refractivity contribution in [1.29, 1.82) is 0 Å². The van der Waals surface area contributed by atoms with Gasteiger partial charge in [0.15, 0.2) is 0 Å². The van der Waals surface area contributed by atoms with Crippen molar-refractivity contribution in [3.05, 3.63) is 70.6 Å². The molecule has 3 aromatic heterocycles. The summed E-state index contributed by atoms with van der Waals surface area (Å²) in [5, 5.41) is 20.1. The zero-order valence-corrected chi connectivity index (χ0v) is 15.6. The van der Waals surface area contributed by atoms with E-state index in [9.17, 15) is 9.59 Å². The van der Waals surface area contributed by atoms with Crippen LogP contribution in [0, 0.1) is 0 Å². The molecule has 4 aromatic rings. The van der Waals surface area contributed by atoms with Gasteiger partial charge in [-0.2, -0.15) is 5.10 Å². The highest BCUT2D eigenvalue weighted by Crippen LogP contribution is 2.22. The molecule has 0 saturated heterocycles. The van der Waals surface area contributed by atoms with Gasteiger partial charge < -0.3 is 5.32 Å². The van der Waals surface area contributed by atoms with Gasteiger partial charge in [0.25, 0.3) is 5.56 Å². The summed E-state index contributed by atoms with van der Waals surface area (Å²) in [6.45, 7) is 1.64. The van der Waals surface area contributed by atoms with Crippen LogP contribution in [0.1, 0.15) is 13.0 Å². The Balaban J connectivity index is 1.52. The molecule has 1 atom stereocenters. The number of benzene rings is 1. The molecule has 0 bridgehead atoms. The molecule has 1 amide bonds. The van der Waals surface area contributed by atoms with Crippen molar-refractivity contribution in [2.24, 2.45) is 0 Å². The van der Waals surface area contributed by atoms with Crippen LogP contribution in [-0.2, 0) is 4.79 Å². The first kappa shape index (κ1) is 17.7. The molecule has 140 valence electrons. The van der Waals surface area contributed by atoms with E-state index in [0.717, 1.165) is 10.6 Å². The number of carbonyl (C=O) groups is 1. The summed E-state index contributed by atoms with van der Waals surface area (Å²) in [4.78, 5) is 25.8. The standard InChI is InChI=1S/C18H15N7O2S/c1-12(25-17(26)9-8-15(21-25)16-3-2-10-28-16)18(27)20-13-4-6-14(7-5-13)24-11-19-22-23-24/h2-12H,1H3,(H,20,27)/t12-/m0/s1. The van der Waals surface area contributed by atoms with Crippen LogP contribution >= 0.6 is 11.3 Å². The van der Waals surface area contributed by atoms with Gasteiger partial charge in [0, 0.05) is 11.8 Å². The first-order valence-corrected chi connectivity index (χ1v) is 9.28. The van der Waals surface area contributed by atoms with Gasteiger partial charge in [-0.1, -0.05) is 6.07 Å². The minimum Gasteiger partial charge on any atom is -0.324 e. The predicted molar refractivity (Wildman–Crippen MR) is 104 cm³/mol. The van der Waals surface area contributed by atoms with Crippen LogP contribution < -0.4 is 10.9 Å². The van der Waals surface area contributed by atoms with Crippen LogP contribution in [0.25, 0.3) is 16.3 Å². The first-order valence-electron chi connectivity index (χ1n) is 8.40. The third-order valence-corrected chi connectivity index (χ3v) is 4.99. The maximum Gasteiger partial charge on any atom is 0.267 e. The highest BCUT2D eigenvalue weighted by molar-refractivity contribution is 7.13. The fraction of sp³-hybridized carbons (Fsp3) is 0.111. The number of carbonyl (C=O) groups excluding carboxylic acids is 1. The highest BCUT2D eigenvalue weighted by atomic mass is 32.1. The van der Waals surface area contributed by atoms with E-state index >= 15 is 0 Å². The molecule has 4 rings (SSSR count). The molecule has 10 heteroatoms. The fourth-order valence-corrected chi connectivity index (χ4v) is 3.28. The number of anilines is 1. The van der Waals surface area contributed by atoms with Gasteiger partial charge in [0.05, 0.1) is 10.6 Å². The summed E-state index contributed by atoms with van der Waals surface area (Å²) in [6.07, 6.45) is 1.48. The van der Waals surface area contributed by atoms with E-state index in [4.69, 9.17) is 0 Å². The summed E-state index contributed by atoms with van der Waals surface area (Å²) < 4.78 is 2.70. The molecular formula is C18H15N7O2S. The molecule has 0 aliphatic carbocycles. The second kappa shape index (κ2) is 7.53. The Morgan fingerprint density at radius 3 is 2.64 bits per heavy atom. The normalized spacial score (nSPS) is 11.9. The van der Waals surface area contributed by atoms with Crippen molar-refractivity contribution in [3.8, 4) is 16.3 Å². The molecule has 0 fully saturated rings. The summed E-state index contributed by atoms with van der Waals surface area (Å²) in [5.74, 6) is -0.340. The van der Waals surface area contributed by atoms with Crippen LogP contribution in [0.4, 0.5) is 5.69 Å². The number of nitrogens with one attached hydrogen (secondary N) is 1. The van der Waals surface area contributed by atoms with Crippen molar-refractivity contribution in [2.45, 2.75) is 13.0 Å². The molecule has 0 aliphatic heterocycles. The Hall–Kier alpha value is -3.66. The Kier molecular flexibility index (Phi) is 4.77. The van der Waals surface area contributed by atoms with Gasteiger partial charge >= 0.3 is 0 Å². The number of hydrogen-bond donors (Lipinski definition) is 1. The van der Waals surface area contributed by atoms with Crippen molar-refractivity contribution < 1.29 is 4.79 Å². The molecule has 28 heavy (non-hydrogen) atoms. The second-order valence-electron chi connectivity index (χ2n) is 5.95. The maximum atomic E-state index is 12.6. The third-order valence-electron chi connectivity index (χ3n) is 4.09. The number of thiophene rings is 1. The maximum absolute atomic E-state index is 12.6. The van der Waals surface area contributed by atoms with E-state index in [2.05, 4.69) is 25.9 Å². The van der Waals surface area contributed by atoms with Crippen LogP contribution in [0.5, 0.6) is 0 Å². The van der Waals surface area contributed by atoms with E-state index in [1.165, 1.54) is 33.1 Å². The molecule has 0 spiro atoms. The Morgan fingerprint density at radius 2 is 1.96 bits per heavy atom. The monoisotopic (exact) mass is 393 g/mol. The van der Waals surface area contributed by atoms with Crippen molar-refractivity contribution in [1.82, 2.24) is 30.0 Å². The van der Waals surface area contributed by atoms with Crippen molar-refractivity contribution in [2.75, 3.05) is 5.32 Å². The highest BCUT2D eigenvalue weighted by Gasteiger charge is 2.18. The van der Waals surface area contributed by atoms with Gasteiger partial charge in [-0.15, -0.1) is 16.4 Å². The number of tetrazole rings is 1. The van der Waals surface area contributed by atoms with Gasteiger partial charge in [-0.3, -0.25) is 9.59 Å². The largest absolute Gasteiger partial charge is 0.324 e. The minimum absolute atomic E-state index is 0.336. The smallest absolute Gasteiger partial charge is 0.267 e. The molecule has 9 nitrogen and oxygen atoms in total. The summed E-state index contributed by atoms with van der Waals surface area (Å²) >= 11 is 1.52. The van der Waals surface area contributed by atoms with E-state index in [1.54, 1.807) is 37.3 Å². The predicted octanol–water partition coefficient (Wildman–Crippen LogP) is 2.15. The van der Waals surface area contributed by atoms with E-state index in [1.807, 2.05) is 17.5 Å². The zero-order valence-electron chi connectivity index (χ0n) is 14.8. The number of rotatable bonds is 5. The Labute approximate surface area is 163 Å². The van der Waals surface area contributed by atoms with Gasteiger partial charge in [0.1, 0.15) is 18.1 Å². The average Bonchev–Trinajstić information content (AvgIpc) is 3.42. The lowest BCUT2D eigenvalue weighted by Crippen LogP contribution is -2.33. The van der Waals surface area contributed by atoms with Crippen LogP contribution in [-0.4, -0.2) is 35.9 Å². The fourth-order valence-electron chi connectivity index (χ4n) is 2.59. The molecule has 3 heterocycles. The number of nitrogens with zero attached hydrogens (tertiary/aromatic N) is 6. The zero-order chi connectivity index (χ0) is 19.5. The van der Waals surface area contributed by atoms with Crippen LogP contribution in [0.3, 0.4) is 0 Å². The van der Waals surface area contributed by atoms with Gasteiger partial charge in [-0.05, 0) is 59.1 Å². The third kappa shape index (κ3) is 3.58. The topological polar surface area (TPSA) is 108 Å². The van der Waals surface area contributed by atoms with Crippen molar-refractivity contribution >= 4 is 22.9 Å². The SMILES string of the molecule is C[C@@H](C(=O)Nc1ccc(-n2cnnn2)cc1)n1nc(-c2cccs2)ccc1=O. The minimum atomic E-state index is -0.772. The molecular weight excluding hydrogens is 378 g/mol. The molecule has 0 unspecified atom stereocenters. The average molecular weight is 393 g/mol. The van der Waals surface area contributed by atoms with Crippen LogP contribution in [0.2, 0.25) is 0 Å². The quantitative estimate of drug-likeness (QED) is 0.557. The second-order valence-corrected chi connectivity index (χ2v) is 6.89. The molecule has 0 radical (unpaired) electrons. The molecule has 0 aliphatic rings. The lowest BCUT2D eigenvalue weighted by atomic mass is 10.2. The lowest BCUT2D eigenvalue weighted by Gasteiger charge is -2.15. The Bertz CT molecular complexity index is 1140. The summed E-state index contributed by atoms with van der Waals surface area (Å²) in [6, 6.07) is 13.2. The molecule has 1 aromatic carbocycles. The Morgan fingerprint density at radius 1 is 1.14 bits per heavy atom. The van der Waals surface area contributed by atoms with Gasteiger partial charge in [-0.25, -0.2) is 9.36 Å². The molecule has 1 N–H and O–H groups in total. The number of amides is 1. The summed E-state index contributed by atoms with van der Waals surface area (Å²) in [5.41, 5.74) is 1.67. The molecule has 0 saturated carbocycles. The van der Waals surface area contributed by atoms with Crippen LogP contribution in [0.15, 0.2) is 65.0 Å².